The third-order valence-electron chi connectivity index (χ3n) is 4.64. The van der Waals surface area contributed by atoms with Crippen molar-refractivity contribution in [3.8, 4) is 0 Å². The van der Waals surface area contributed by atoms with E-state index in [-0.39, 0.29) is 17.5 Å². The Bertz CT molecular complexity index is 782. The molecule has 1 N–H and O–H groups in total. The lowest BCUT2D eigenvalue weighted by Crippen LogP contribution is -2.39. The van der Waals surface area contributed by atoms with Gasteiger partial charge < -0.3 is 14.4 Å². The van der Waals surface area contributed by atoms with Crippen LogP contribution in [0.2, 0.25) is 0 Å². The van der Waals surface area contributed by atoms with Crippen LogP contribution in [0.5, 0.6) is 0 Å². The highest BCUT2D eigenvalue weighted by atomic mass is 16.4. The van der Waals surface area contributed by atoms with Crippen LogP contribution in [-0.2, 0) is 0 Å². The summed E-state index contributed by atoms with van der Waals surface area (Å²) in [7, 11) is 0. The molecule has 0 radical (unpaired) electrons. The lowest BCUT2D eigenvalue weighted by Gasteiger charge is -2.32. The van der Waals surface area contributed by atoms with E-state index in [9.17, 15) is 9.59 Å². The number of amides is 1. The van der Waals surface area contributed by atoms with Crippen LogP contribution in [0.25, 0.3) is 0 Å². The highest BCUT2D eigenvalue weighted by molar-refractivity contribution is 5.95. The summed E-state index contributed by atoms with van der Waals surface area (Å²) in [5, 5.41) is 13.4. The molecular formula is C17H21N3O4. The molecule has 0 atom stereocenters. The molecule has 0 unspecified atom stereocenters. The van der Waals surface area contributed by atoms with Gasteiger partial charge in [0.25, 0.3) is 5.91 Å². The lowest BCUT2D eigenvalue weighted by molar-refractivity contribution is 0.0686. The Morgan fingerprint density at radius 2 is 1.88 bits per heavy atom. The molecule has 0 saturated carbocycles. The largest absolute Gasteiger partial charge is 0.478 e. The predicted molar refractivity (Wildman–Crippen MR) is 86.3 cm³/mol. The van der Waals surface area contributed by atoms with Crippen molar-refractivity contribution in [1.82, 2.24) is 14.7 Å². The van der Waals surface area contributed by atoms with E-state index >= 15 is 0 Å². The summed E-state index contributed by atoms with van der Waals surface area (Å²) in [5.41, 5.74) is 1.51. The van der Waals surface area contributed by atoms with Gasteiger partial charge in [-0.15, -0.1) is 0 Å². The van der Waals surface area contributed by atoms with Crippen LogP contribution in [0.3, 0.4) is 0 Å². The number of carbonyl (C=O) groups is 2. The molecular weight excluding hydrogens is 310 g/mol. The summed E-state index contributed by atoms with van der Waals surface area (Å²) in [6.45, 7) is 6.64. The Kier molecular flexibility index (Phi) is 4.17. The molecule has 2 aromatic heterocycles. The van der Waals surface area contributed by atoms with E-state index in [1.54, 1.807) is 24.6 Å². The Hall–Kier alpha value is -2.57. The fraction of sp³-hybridized carbons (Fsp3) is 0.471. The number of piperidine rings is 1. The Balaban J connectivity index is 1.69. The molecule has 1 amide bonds. The minimum atomic E-state index is -0.961. The second-order valence-corrected chi connectivity index (χ2v) is 6.24. The molecule has 7 nitrogen and oxygen atoms in total. The van der Waals surface area contributed by atoms with Crippen LogP contribution >= 0.6 is 0 Å². The molecule has 1 aliphatic heterocycles. The molecule has 0 aromatic carbocycles. The number of hydrogen-bond donors (Lipinski definition) is 1. The van der Waals surface area contributed by atoms with E-state index in [1.807, 2.05) is 11.8 Å². The molecule has 128 valence electrons. The summed E-state index contributed by atoms with van der Waals surface area (Å²) in [6, 6.07) is 1.90. The molecule has 1 aliphatic rings. The first-order chi connectivity index (χ1) is 11.4. The third-order valence-corrected chi connectivity index (χ3v) is 4.64. The third kappa shape index (κ3) is 2.81. The van der Waals surface area contributed by atoms with Crippen molar-refractivity contribution in [2.24, 2.45) is 0 Å². The lowest BCUT2D eigenvalue weighted by atomic mass is 10.0. The van der Waals surface area contributed by atoms with Gasteiger partial charge in [0.1, 0.15) is 17.1 Å². The number of rotatable bonds is 3. The Morgan fingerprint density at radius 3 is 2.38 bits per heavy atom. The summed E-state index contributed by atoms with van der Waals surface area (Å²) < 4.78 is 7.22. The number of nitrogens with zero attached hydrogens (tertiary/aromatic N) is 3. The monoisotopic (exact) mass is 331 g/mol. The first-order valence-corrected chi connectivity index (χ1v) is 8.02. The fourth-order valence-corrected chi connectivity index (χ4v) is 3.33. The first kappa shape index (κ1) is 16.3. The van der Waals surface area contributed by atoms with E-state index in [2.05, 4.69) is 5.10 Å². The van der Waals surface area contributed by atoms with Crippen molar-refractivity contribution >= 4 is 11.9 Å². The number of furan rings is 1. The summed E-state index contributed by atoms with van der Waals surface area (Å²) in [5.74, 6) is 0.413. The number of hydrogen-bond acceptors (Lipinski definition) is 4. The summed E-state index contributed by atoms with van der Waals surface area (Å²) >= 11 is 0. The summed E-state index contributed by atoms with van der Waals surface area (Å²) in [4.78, 5) is 25.6. The molecule has 0 spiro atoms. The SMILES string of the molecule is Cc1cc(C(=O)N2CCC(n3ncc(C(=O)O)c3C)CC2)c(C)o1. The number of carboxylic acid groups (broad SMARTS) is 1. The zero-order chi connectivity index (χ0) is 17.4. The highest BCUT2D eigenvalue weighted by Crippen LogP contribution is 2.26. The number of aromatic carboxylic acids is 1. The molecule has 3 heterocycles. The highest BCUT2D eigenvalue weighted by Gasteiger charge is 2.28. The number of carboxylic acids is 1. The molecule has 24 heavy (non-hydrogen) atoms. The average Bonchev–Trinajstić information content (AvgIpc) is 3.09. The van der Waals surface area contributed by atoms with Gasteiger partial charge in [-0.2, -0.15) is 5.10 Å². The standard InChI is InChI=1S/C17H21N3O4/c1-10-8-14(12(3)24-10)16(21)19-6-4-13(5-7-19)20-11(2)15(9-18-20)17(22)23/h8-9,13H,4-7H2,1-3H3,(H,22,23). The van der Waals surface area contributed by atoms with E-state index in [1.165, 1.54) is 6.20 Å². The van der Waals surface area contributed by atoms with Crippen LogP contribution in [0.15, 0.2) is 16.7 Å². The van der Waals surface area contributed by atoms with E-state index in [4.69, 9.17) is 9.52 Å². The smallest absolute Gasteiger partial charge is 0.339 e. The van der Waals surface area contributed by atoms with Crippen LogP contribution < -0.4 is 0 Å². The van der Waals surface area contributed by atoms with Crippen LogP contribution in [0.1, 0.15) is 56.8 Å². The normalized spacial score (nSPS) is 15.7. The van der Waals surface area contributed by atoms with Gasteiger partial charge in [0.05, 0.1) is 23.5 Å². The van der Waals surface area contributed by atoms with Gasteiger partial charge in [-0.3, -0.25) is 9.48 Å². The van der Waals surface area contributed by atoms with Crippen LogP contribution in [0, 0.1) is 20.8 Å². The fourth-order valence-electron chi connectivity index (χ4n) is 3.33. The van der Waals surface area contributed by atoms with Crippen molar-refractivity contribution in [3.05, 3.63) is 40.6 Å². The van der Waals surface area contributed by atoms with E-state index < -0.39 is 5.97 Å². The van der Waals surface area contributed by atoms with Crippen molar-refractivity contribution in [2.45, 2.75) is 39.7 Å². The maximum atomic E-state index is 12.6. The maximum absolute atomic E-state index is 12.6. The van der Waals surface area contributed by atoms with Gasteiger partial charge >= 0.3 is 5.97 Å². The van der Waals surface area contributed by atoms with Gasteiger partial charge in [-0.1, -0.05) is 0 Å². The average molecular weight is 331 g/mol. The minimum absolute atomic E-state index is 0.00814. The minimum Gasteiger partial charge on any atom is -0.478 e. The number of carbonyl (C=O) groups excluding carboxylic acids is 1. The molecule has 1 fully saturated rings. The van der Waals surface area contributed by atoms with E-state index in [0.29, 0.717) is 30.1 Å². The molecule has 2 aromatic rings. The quantitative estimate of drug-likeness (QED) is 0.934. The Morgan fingerprint density at radius 1 is 1.21 bits per heavy atom. The van der Waals surface area contributed by atoms with Gasteiger partial charge in [0.2, 0.25) is 0 Å². The molecule has 1 saturated heterocycles. The second kappa shape index (κ2) is 6.14. The topological polar surface area (TPSA) is 88.6 Å². The van der Waals surface area contributed by atoms with Crippen LogP contribution in [-0.4, -0.2) is 44.8 Å². The summed E-state index contributed by atoms with van der Waals surface area (Å²) in [6.07, 6.45) is 2.90. The van der Waals surface area contributed by atoms with Crippen molar-refractivity contribution in [3.63, 3.8) is 0 Å². The maximum Gasteiger partial charge on any atom is 0.339 e. The van der Waals surface area contributed by atoms with Gasteiger partial charge in [-0.25, -0.2) is 4.79 Å². The zero-order valence-electron chi connectivity index (χ0n) is 14.1. The number of likely N-dealkylation sites (tertiary alicyclic amines) is 1. The van der Waals surface area contributed by atoms with Crippen molar-refractivity contribution < 1.29 is 19.1 Å². The predicted octanol–water partition coefficient (Wildman–Crippen LogP) is 2.58. The van der Waals surface area contributed by atoms with Crippen LogP contribution in [0.4, 0.5) is 0 Å². The molecule has 3 rings (SSSR count). The van der Waals surface area contributed by atoms with Crippen molar-refractivity contribution in [2.75, 3.05) is 13.1 Å². The molecule has 7 heteroatoms. The number of aryl methyl sites for hydroxylation is 2. The van der Waals surface area contributed by atoms with E-state index in [0.717, 1.165) is 18.6 Å². The van der Waals surface area contributed by atoms with Crippen molar-refractivity contribution in [1.29, 1.82) is 0 Å². The van der Waals surface area contributed by atoms with Gasteiger partial charge in [0, 0.05) is 13.1 Å². The first-order valence-electron chi connectivity index (χ1n) is 8.02. The molecule has 0 aliphatic carbocycles. The van der Waals surface area contributed by atoms with Gasteiger partial charge in [-0.05, 0) is 39.7 Å². The van der Waals surface area contributed by atoms with Gasteiger partial charge in [0.15, 0.2) is 0 Å². The zero-order valence-corrected chi connectivity index (χ0v) is 14.1. The Labute approximate surface area is 139 Å². The molecule has 0 bridgehead atoms. The second-order valence-electron chi connectivity index (χ2n) is 6.24. The number of aromatic nitrogens is 2.